The number of hydrogen-bond donors (Lipinski definition) is 0. The molecule has 4 heteroatoms. The molecule has 1 atom stereocenters. The smallest absolute Gasteiger partial charge is 0.194 e. The molecule has 0 aliphatic carbocycles. The fourth-order valence-corrected chi connectivity index (χ4v) is 0.912. The van der Waals surface area contributed by atoms with Gasteiger partial charge in [0, 0.05) is 12.4 Å². The minimum atomic E-state index is -1.37. The minimum Gasteiger partial charge on any atom is -0.194 e. The molecule has 3 nitrogen and oxygen atoms in total. The molecule has 0 aromatic carbocycles. The summed E-state index contributed by atoms with van der Waals surface area (Å²) in [5.74, 6) is 0. The number of hydrogen-bond acceptors (Lipinski definition) is 3. The summed E-state index contributed by atoms with van der Waals surface area (Å²) >= 11 is 0. The zero-order chi connectivity index (χ0) is 6.69. The quantitative estimate of drug-likeness (QED) is 0.536. The Labute approximate surface area is 53.9 Å². The Balaban J connectivity index is 2.98. The number of aromatic nitrogens is 2. The Bertz CT molecular complexity index is 211. The summed E-state index contributed by atoms with van der Waals surface area (Å²) in [5.41, 5.74) is 0.424. The van der Waals surface area contributed by atoms with Crippen molar-refractivity contribution in [3.05, 3.63) is 18.5 Å². The first-order chi connectivity index (χ1) is 4.30. The van der Waals surface area contributed by atoms with Crippen molar-refractivity contribution in [3.63, 3.8) is 0 Å². The highest BCUT2D eigenvalue weighted by atomic mass is 31.1. The SMILES string of the molecule is C[P+](=O)c1ncccn1. The van der Waals surface area contributed by atoms with E-state index in [1.807, 2.05) is 0 Å². The Hall–Kier alpha value is -0.820. The molecule has 0 radical (unpaired) electrons. The summed E-state index contributed by atoms with van der Waals surface area (Å²) in [4.78, 5) is 7.57. The predicted molar refractivity (Wildman–Crippen MR) is 35.2 cm³/mol. The van der Waals surface area contributed by atoms with Crippen LogP contribution in [0, 0.1) is 0 Å². The van der Waals surface area contributed by atoms with E-state index in [1.165, 1.54) is 0 Å². The molecule has 0 saturated carbocycles. The van der Waals surface area contributed by atoms with Crippen molar-refractivity contribution in [2.24, 2.45) is 0 Å². The fraction of sp³-hybridized carbons (Fsp3) is 0.200. The number of nitrogens with zero attached hydrogens (tertiary/aromatic N) is 2. The van der Waals surface area contributed by atoms with Gasteiger partial charge in [-0.3, -0.25) is 0 Å². The van der Waals surface area contributed by atoms with E-state index in [4.69, 9.17) is 0 Å². The van der Waals surface area contributed by atoms with Crippen LogP contribution in [0.5, 0.6) is 0 Å². The molecule has 0 bridgehead atoms. The average molecular weight is 141 g/mol. The topological polar surface area (TPSA) is 42.9 Å². The maximum atomic E-state index is 10.7. The van der Waals surface area contributed by atoms with Crippen molar-refractivity contribution < 1.29 is 4.57 Å². The molecule has 0 fully saturated rings. The Morgan fingerprint density at radius 2 is 2.00 bits per heavy atom. The van der Waals surface area contributed by atoms with E-state index in [-0.39, 0.29) is 0 Å². The third-order valence-electron chi connectivity index (χ3n) is 0.834. The third-order valence-corrected chi connectivity index (χ3v) is 1.63. The summed E-state index contributed by atoms with van der Waals surface area (Å²) < 4.78 is 10.7. The van der Waals surface area contributed by atoms with Crippen LogP contribution in [0.1, 0.15) is 0 Å². The fourth-order valence-electron chi connectivity index (χ4n) is 0.454. The van der Waals surface area contributed by atoms with Crippen LogP contribution in [0.25, 0.3) is 0 Å². The van der Waals surface area contributed by atoms with Crippen LogP contribution in [0.3, 0.4) is 0 Å². The van der Waals surface area contributed by atoms with Crippen LogP contribution in [0.2, 0.25) is 0 Å². The molecule has 0 aliphatic rings. The second kappa shape index (κ2) is 2.65. The van der Waals surface area contributed by atoms with E-state index in [0.29, 0.717) is 5.57 Å². The van der Waals surface area contributed by atoms with Crippen molar-refractivity contribution in [1.82, 2.24) is 9.97 Å². The van der Waals surface area contributed by atoms with Gasteiger partial charge in [0.25, 0.3) is 0 Å². The zero-order valence-corrected chi connectivity index (χ0v) is 5.88. The van der Waals surface area contributed by atoms with Crippen molar-refractivity contribution in [1.29, 1.82) is 0 Å². The molecule has 1 rings (SSSR count). The molecule has 0 saturated heterocycles. The van der Waals surface area contributed by atoms with Crippen LogP contribution in [0.15, 0.2) is 18.5 Å². The summed E-state index contributed by atoms with van der Waals surface area (Å²) in [6.07, 6.45) is 3.16. The molecule has 1 aromatic heterocycles. The molecular formula is C5H6N2OP+. The predicted octanol–water partition coefficient (Wildman–Crippen LogP) is 0.559. The standard InChI is InChI=1S/C5H6N2OP/c1-9(8)5-6-3-2-4-7-5/h2-4H,1H3/q+1. The first kappa shape index (κ1) is 6.30. The normalized spacial score (nSPS) is 11.0. The summed E-state index contributed by atoms with van der Waals surface area (Å²) in [6, 6.07) is 1.70. The highest BCUT2D eigenvalue weighted by Gasteiger charge is 2.13. The van der Waals surface area contributed by atoms with E-state index in [1.54, 1.807) is 25.1 Å². The van der Waals surface area contributed by atoms with Crippen LogP contribution in [-0.4, -0.2) is 16.6 Å². The lowest BCUT2D eigenvalue weighted by Crippen LogP contribution is -2.04. The van der Waals surface area contributed by atoms with Gasteiger partial charge in [0.05, 0.1) is 0 Å². The van der Waals surface area contributed by atoms with E-state index in [0.717, 1.165) is 0 Å². The summed E-state index contributed by atoms with van der Waals surface area (Å²) in [6.45, 7) is 1.59. The van der Waals surface area contributed by atoms with E-state index in [2.05, 4.69) is 9.97 Å². The minimum absolute atomic E-state index is 0.424. The lowest BCUT2D eigenvalue weighted by molar-refractivity contribution is 0.595. The molecule has 46 valence electrons. The second-order valence-corrected chi connectivity index (χ2v) is 2.94. The average Bonchev–Trinajstić information content (AvgIpc) is 1.90. The molecule has 0 amide bonds. The lowest BCUT2D eigenvalue weighted by Gasteiger charge is -1.77. The van der Waals surface area contributed by atoms with Gasteiger partial charge >= 0.3 is 13.4 Å². The Kier molecular flexibility index (Phi) is 1.85. The van der Waals surface area contributed by atoms with Gasteiger partial charge in [-0.25, -0.2) is 0 Å². The molecule has 9 heavy (non-hydrogen) atoms. The summed E-state index contributed by atoms with van der Waals surface area (Å²) in [7, 11) is -1.37. The summed E-state index contributed by atoms with van der Waals surface area (Å²) in [5, 5.41) is 0. The highest BCUT2D eigenvalue weighted by Crippen LogP contribution is 2.07. The van der Waals surface area contributed by atoms with Crippen molar-refractivity contribution in [2.75, 3.05) is 6.66 Å². The van der Waals surface area contributed by atoms with E-state index < -0.39 is 7.80 Å². The van der Waals surface area contributed by atoms with Gasteiger partial charge in [-0.2, -0.15) is 9.97 Å². The van der Waals surface area contributed by atoms with Crippen molar-refractivity contribution in [2.45, 2.75) is 0 Å². The first-order valence-electron chi connectivity index (χ1n) is 2.48. The Morgan fingerprint density at radius 3 is 2.33 bits per heavy atom. The van der Waals surface area contributed by atoms with Gasteiger partial charge in [-0.15, -0.1) is 0 Å². The molecule has 1 aromatic rings. The van der Waals surface area contributed by atoms with Gasteiger partial charge < -0.3 is 0 Å². The first-order valence-corrected chi connectivity index (χ1v) is 4.19. The highest BCUT2D eigenvalue weighted by molar-refractivity contribution is 7.51. The second-order valence-electron chi connectivity index (χ2n) is 1.55. The molecule has 1 unspecified atom stereocenters. The Morgan fingerprint density at radius 1 is 1.44 bits per heavy atom. The van der Waals surface area contributed by atoms with E-state index >= 15 is 0 Å². The third kappa shape index (κ3) is 1.54. The van der Waals surface area contributed by atoms with Crippen LogP contribution in [0.4, 0.5) is 0 Å². The van der Waals surface area contributed by atoms with Crippen LogP contribution < -0.4 is 5.57 Å². The molecule has 0 N–H and O–H groups in total. The molecule has 0 aliphatic heterocycles. The maximum absolute atomic E-state index is 10.7. The number of rotatable bonds is 1. The van der Waals surface area contributed by atoms with Crippen LogP contribution >= 0.6 is 7.80 Å². The molecular weight excluding hydrogens is 135 g/mol. The van der Waals surface area contributed by atoms with Gasteiger partial charge in [0.2, 0.25) is 0 Å². The monoisotopic (exact) mass is 141 g/mol. The van der Waals surface area contributed by atoms with Gasteiger partial charge in [-0.1, -0.05) is 4.57 Å². The van der Waals surface area contributed by atoms with Crippen molar-refractivity contribution in [3.8, 4) is 0 Å². The zero-order valence-electron chi connectivity index (χ0n) is 4.98. The van der Waals surface area contributed by atoms with E-state index in [9.17, 15) is 4.57 Å². The molecule has 1 heterocycles. The molecule has 0 spiro atoms. The largest absolute Gasteiger partial charge is 0.415 e. The van der Waals surface area contributed by atoms with Gasteiger partial charge in [0.15, 0.2) is 0 Å². The van der Waals surface area contributed by atoms with Crippen LogP contribution in [-0.2, 0) is 4.57 Å². The van der Waals surface area contributed by atoms with Gasteiger partial charge in [0.1, 0.15) is 6.66 Å². The van der Waals surface area contributed by atoms with Gasteiger partial charge in [-0.05, 0) is 6.07 Å². The lowest BCUT2D eigenvalue weighted by atomic mass is 10.7. The maximum Gasteiger partial charge on any atom is 0.415 e. The van der Waals surface area contributed by atoms with Crippen molar-refractivity contribution >= 4 is 13.4 Å².